The maximum Gasteiger partial charge on any atom is 0.573 e. The standard InChI is InChI=1S/C26H25F3N4O5/c27-26(28,29)37-21-4-2-1-3-18(21)22-19(23(38-32-22)14-5-6-14)13-36-17-11-15-7-8-16(12-17)33(15)25-30-10-9-20(31-25)24(34)35/h1-4,9-10,14-17H,5-8,11-13H2,(H,34,35)/t15-,16+,17?. The van der Waals surface area contributed by atoms with Crippen molar-refractivity contribution in [3.63, 3.8) is 0 Å². The third-order valence-electron chi connectivity index (χ3n) is 7.38. The fraction of sp³-hybridized carbons (Fsp3) is 0.462. The summed E-state index contributed by atoms with van der Waals surface area (Å²) in [7, 11) is 0. The molecule has 0 amide bonds. The highest BCUT2D eigenvalue weighted by Crippen LogP contribution is 2.46. The van der Waals surface area contributed by atoms with Crippen molar-refractivity contribution in [3.05, 3.63) is 53.5 Å². The SMILES string of the molecule is O=C(O)c1ccnc(N2[C@@H]3CC[C@H]2CC(OCc2c(-c4ccccc4OC(F)(F)F)noc2C2CC2)C3)n1. The normalized spacial score (nSPS) is 23.0. The van der Waals surface area contributed by atoms with Gasteiger partial charge in [-0.05, 0) is 56.7 Å². The van der Waals surface area contributed by atoms with Gasteiger partial charge in [-0.1, -0.05) is 17.3 Å². The Morgan fingerprint density at radius 3 is 2.53 bits per heavy atom. The largest absolute Gasteiger partial charge is 0.573 e. The second-order valence-electron chi connectivity index (χ2n) is 9.94. The number of para-hydroxylation sites is 1. The summed E-state index contributed by atoms with van der Waals surface area (Å²) >= 11 is 0. The van der Waals surface area contributed by atoms with Gasteiger partial charge in [0, 0.05) is 35.3 Å². The Morgan fingerprint density at radius 1 is 1.11 bits per heavy atom. The van der Waals surface area contributed by atoms with Gasteiger partial charge in [-0.25, -0.2) is 14.8 Å². The molecule has 2 aliphatic heterocycles. The molecule has 1 aliphatic carbocycles. The number of halogens is 3. The van der Waals surface area contributed by atoms with Crippen LogP contribution in [0.15, 0.2) is 41.1 Å². The van der Waals surface area contributed by atoms with Crippen molar-refractivity contribution in [1.82, 2.24) is 15.1 Å². The molecule has 3 fully saturated rings. The molecule has 1 aromatic carbocycles. The number of hydrogen-bond acceptors (Lipinski definition) is 8. The van der Waals surface area contributed by atoms with Crippen LogP contribution in [-0.4, -0.2) is 50.8 Å². The molecule has 38 heavy (non-hydrogen) atoms. The van der Waals surface area contributed by atoms with Gasteiger partial charge in [-0.2, -0.15) is 0 Å². The summed E-state index contributed by atoms with van der Waals surface area (Å²) in [6.45, 7) is 0.153. The van der Waals surface area contributed by atoms with E-state index in [4.69, 9.17) is 9.26 Å². The number of ether oxygens (including phenoxy) is 2. The molecule has 3 aliphatic rings. The van der Waals surface area contributed by atoms with E-state index in [2.05, 4.69) is 24.8 Å². The monoisotopic (exact) mass is 530 g/mol. The number of aromatic carboxylic acids is 1. The Kier molecular flexibility index (Phi) is 6.21. The average Bonchev–Trinajstić information content (AvgIpc) is 3.58. The predicted molar refractivity (Wildman–Crippen MR) is 127 cm³/mol. The smallest absolute Gasteiger partial charge is 0.477 e. The molecule has 2 bridgehead atoms. The summed E-state index contributed by atoms with van der Waals surface area (Å²) in [5.74, 6) is -0.193. The fourth-order valence-electron chi connectivity index (χ4n) is 5.60. The molecule has 2 aromatic heterocycles. The Bertz CT molecular complexity index is 1330. The molecule has 200 valence electrons. The van der Waals surface area contributed by atoms with Crippen molar-refractivity contribution >= 4 is 11.9 Å². The third kappa shape index (κ3) is 4.92. The molecule has 4 heterocycles. The second kappa shape index (κ2) is 9.57. The number of piperidine rings is 1. The van der Waals surface area contributed by atoms with Crippen LogP contribution in [0, 0.1) is 0 Å². The van der Waals surface area contributed by atoms with Gasteiger partial charge in [0.2, 0.25) is 5.95 Å². The molecule has 0 spiro atoms. The van der Waals surface area contributed by atoms with Gasteiger partial charge < -0.3 is 24.0 Å². The molecule has 6 rings (SSSR count). The quantitative estimate of drug-likeness (QED) is 0.414. The van der Waals surface area contributed by atoms with Crippen LogP contribution in [0.3, 0.4) is 0 Å². The highest BCUT2D eigenvalue weighted by atomic mass is 19.4. The van der Waals surface area contributed by atoms with Crippen LogP contribution >= 0.6 is 0 Å². The summed E-state index contributed by atoms with van der Waals surface area (Å²) in [5.41, 5.74) is 1.10. The number of benzene rings is 1. The van der Waals surface area contributed by atoms with Crippen molar-refractivity contribution in [2.75, 3.05) is 4.90 Å². The summed E-state index contributed by atoms with van der Waals surface area (Å²) in [4.78, 5) is 22.0. The number of fused-ring (bicyclic) bond motifs is 2. The van der Waals surface area contributed by atoms with E-state index >= 15 is 0 Å². The maximum absolute atomic E-state index is 13.0. The van der Waals surface area contributed by atoms with Crippen molar-refractivity contribution in [2.24, 2.45) is 0 Å². The highest BCUT2D eigenvalue weighted by molar-refractivity contribution is 5.85. The molecule has 2 saturated heterocycles. The number of hydrogen-bond donors (Lipinski definition) is 1. The second-order valence-corrected chi connectivity index (χ2v) is 9.94. The van der Waals surface area contributed by atoms with E-state index in [0.29, 0.717) is 35.8 Å². The molecular formula is C26H25F3N4O5. The minimum Gasteiger partial charge on any atom is -0.477 e. The van der Waals surface area contributed by atoms with Crippen LogP contribution in [0.25, 0.3) is 11.3 Å². The van der Waals surface area contributed by atoms with Crippen LogP contribution in [0.5, 0.6) is 5.75 Å². The van der Waals surface area contributed by atoms with Gasteiger partial charge >= 0.3 is 12.3 Å². The van der Waals surface area contributed by atoms with Crippen molar-refractivity contribution < 1.29 is 37.1 Å². The first-order valence-electron chi connectivity index (χ1n) is 12.6. The number of rotatable bonds is 8. The van der Waals surface area contributed by atoms with Gasteiger partial charge in [0.15, 0.2) is 5.69 Å². The number of carboxylic acid groups (broad SMARTS) is 1. The van der Waals surface area contributed by atoms with Gasteiger partial charge in [0.1, 0.15) is 17.2 Å². The first-order chi connectivity index (χ1) is 18.3. The first-order valence-corrected chi connectivity index (χ1v) is 12.6. The summed E-state index contributed by atoms with van der Waals surface area (Å²) in [6.07, 6.45) is 1.62. The molecule has 1 unspecified atom stereocenters. The lowest BCUT2D eigenvalue weighted by Crippen LogP contribution is -2.46. The Hall–Kier alpha value is -3.67. The van der Waals surface area contributed by atoms with E-state index in [-0.39, 0.29) is 47.7 Å². The topological polar surface area (TPSA) is 111 Å². The predicted octanol–water partition coefficient (Wildman–Crippen LogP) is 5.32. The minimum atomic E-state index is -4.84. The Morgan fingerprint density at radius 2 is 1.84 bits per heavy atom. The average molecular weight is 531 g/mol. The number of alkyl halides is 3. The third-order valence-corrected chi connectivity index (χ3v) is 7.38. The number of aromatic nitrogens is 3. The molecule has 3 atom stereocenters. The minimum absolute atomic E-state index is 0.0462. The van der Waals surface area contributed by atoms with E-state index in [1.807, 2.05) is 0 Å². The molecule has 9 nitrogen and oxygen atoms in total. The lowest BCUT2D eigenvalue weighted by Gasteiger charge is -2.38. The van der Waals surface area contributed by atoms with Gasteiger partial charge in [0.25, 0.3) is 0 Å². The van der Waals surface area contributed by atoms with Gasteiger partial charge in [0.05, 0.1) is 12.7 Å². The van der Waals surface area contributed by atoms with E-state index in [1.54, 1.807) is 6.07 Å². The van der Waals surface area contributed by atoms with Gasteiger partial charge in [-0.15, -0.1) is 13.2 Å². The molecule has 0 radical (unpaired) electrons. The Labute approximate surface area is 215 Å². The number of carbonyl (C=O) groups is 1. The lowest BCUT2D eigenvalue weighted by atomic mass is 9.99. The molecule has 3 aromatic rings. The van der Waals surface area contributed by atoms with Crippen LogP contribution in [0.4, 0.5) is 19.1 Å². The number of carboxylic acids is 1. The van der Waals surface area contributed by atoms with Crippen LogP contribution in [0.1, 0.15) is 66.3 Å². The zero-order chi connectivity index (χ0) is 26.4. The Balaban J connectivity index is 1.20. The van der Waals surface area contributed by atoms with E-state index < -0.39 is 12.3 Å². The van der Waals surface area contributed by atoms with E-state index in [1.165, 1.54) is 30.5 Å². The number of nitrogens with zero attached hydrogens (tertiary/aromatic N) is 4. The van der Waals surface area contributed by atoms with Gasteiger partial charge in [-0.3, -0.25) is 0 Å². The fourth-order valence-corrected chi connectivity index (χ4v) is 5.60. The van der Waals surface area contributed by atoms with E-state index in [9.17, 15) is 23.1 Å². The van der Waals surface area contributed by atoms with Crippen LogP contribution in [0.2, 0.25) is 0 Å². The molecule has 1 N–H and O–H groups in total. The zero-order valence-electron chi connectivity index (χ0n) is 20.2. The van der Waals surface area contributed by atoms with Crippen molar-refractivity contribution in [3.8, 4) is 17.0 Å². The van der Waals surface area contributed by atoms with Crippen LogP contribution < -0.4 is 9.64 Å². The molecule has 1 saturated carbocycles. The summed E-state index contributed by atoms with van der Waals surface area (Å²) in [6, 6.07) is 7.47. The first kappa shape index (κ1) is 24.7. The van der Waals surface area contributed by atoms with E-state index in [0.717, 1.165) is 25.7 Å². The lowest BCUT2D eigenvalue weighted by molar-refractivity contribution is -0.274. The van der Waals surface area contributed by atoms with Crippen molar-refractivity contribution in [1.29, 1.82) is 0 Å². The molecule has 12 heteroatoms. The summed E-state index contributed by atoms with van der Waals surface area (Å²) in [5, 5.41) is 13.4. The van der Waals surface area contributed by atoms with Crippen LogP contribution in [-0.2, 0) is 11.3 Å². The van der Waals surface area contributed by atoms with Crippen molar-refractivity contribution in [2.45, 2.75) is 75.6 Å². The number of anilines is 1. The highest BCUT2D eigenvalue weighted by Gasteiger charge is 2.43. The molecular weight excluding hydrogens is 505 g/mol. The summed E-state index contributed by atoms with van der Waals surface area (Å²) < 4.78 is 55.3. The zero-order valence-corrected chi connectivity index (χ0v) is 20.2. The maximum atomic E-state index is 13.0.